The normalized spacial score (nSPS) is 17.2. The molecular formula is C20H19F3N4O2. The Balaban J connectivity index is 1.85. The smallest absolute Gasteiger partial charge is 0.394 e. The van der Waals surface area contributed by atoms with Crippen LogP contribution in [0, 0.1) is 18.3 Å². The molecule has 0 aliphatic carbocycles. The highest BCUT2D eigenvalue weighted by Crippen LogP contribution is 2.35. The van der Waals surface area contributed by atoms with Crippen LogP contribution in [0.1, 0.15) is 27.2 Å². The summed E-state index contributed by atoms with van der Waals surface area (Å²) in [6.07, 6.45) is -3.14. The lowest BCUT2D eigenvalue weighted by Gasteiger charge is -2.42. The van der Waals surface area contributed by atoms with Gasteiger partial charge >= 0.3 is 6.18 Å². The zero-order chi connectivity index (χ0) is 21.2. The fourth-order valence-electron chi connectivity index (χ4n) is 3.44. The van der Waals surface area contributed by atoms with Crippen molar-refractivity contribution in [2.24, 2.45) is 0 Å². The van der Waals surface area contributed by atoms with Gasteiger partial charge < -0.3 is 14.9 Å². The number of hydrogen-bond acceptors (Lipinski definition) is 5. The maximum absolute atomic E-state index is 13.3. The van der Waals surface area contributed by atoms with Crippen molar-refractivity contribution in [1.29, 1.82) is 5.26 Å². The third kappa shape index (κ3) is 4.17. The minimum atomic E-state index is -4.66. The summed E-state index contributed by atoms with van der Waals surface area (Å²) in [6, 6.07) is 7.95. The molecule has 0 radical (unpaired) electrons. The molecule has 29 heavy (non-hydrogen) atoms. The number of anilines is 1. The van der Waals surface area contributed by atoms with E-state index in [4.69, 9.17) is 5.26 Å². The third-order valence-electron chi connectivity index (χ3n) is 4.95. The molecule has 0 saturated carbocycles. The number of pyridine rings is 1. The summed E-state index contributed by atoms with van der Waals surface area (Å²) in [5.41, 5.74) is -0.188. The maximum atomic E-state index is 13.3. The van der Waals surface area contributed by atoms with E-state index in [0.717, 1.165) is 17.7 Å². The van der Waals surface area contributed by atoms with Crippen LogP contribution in [0.3, 0.4) is 0 Å². The van der Waals surface area contributed by atoms with Crippen molar-refractivity contribution in [2.45, 2.75) is 19.1 Å². The zero-order valence-electron chi connectivity index (χ0n) is 15.6. The summed E-state index contributed by atoms with van der Waals surface area (Å²) in [5, 5.41) is 18.8. The first-order chi connectivity index (χ1) is 13.8. The van der Waals surface area contributed by atoms with Gasteiger partial charge in [-0.05, 0) is 36.8 Å². The monoisotopic (exact) mass is 404 g/mol. The van der Waals surface area contributed by atoms with E-state index in [1.807, 2.05) is 0 Å². The molecule has 2 heterocycles. The molecule has 1 saturated heterocycles. The predicted molar refractivity (Wildman–Crippen MR) is 99.3 cm³/mol. The zero-order valence-corrected chi connectivity index (χ0v) is 15.6. The van der Waals surface area contributed by atoms with Crippen LogP contribution < -0.4 is 4.90 Å². The molecule has 1 fully saturated rings. The molecule has 0 spiro atoms. The largest absolute Gasteiger partial charge is 0.417 e. The lowest BCUT2D eigenvalue weighted by molar-refractivity contribution is -0.137. The third-order valence-corrected chi connectivity index (χ3v) is 4.95. The molecule has 2 aromatic rings. The topological polar surface area (TPSA) is 80.5 Å². The molecule has 3 rings (SSSR count). The number of aryl methyl sites for hydroxylation is 1. The fraction of sp³-hybridized carbons (Fsp3) is 0.350. The Morgan fingerprint density at radius 2 is 2.10 bits per heavy atom. The molecule has 1 aromatic carbocycles. The van der Waals surface area contributed by atoms with Crippen LogP contribution in [-0.4, -0.2) is 53.2 Å². The number of carbonyl (C=O) groups excluding carboxylic acids is 1. The SMILES string of the molecule is Cc1cccnc1C(=O)N1CCN(c2ccc(C#N)c(C(F)(F)F)c2)C(CO)C1. The van der Waals surface area contributed by atoms with E-state index in [9.17, 15) is 23.1 Å². The minimum absolute atomic E-state index is 0.146. The highest BCUT2D eigenvalue weighted by atomic mass is 19.4. The molecule has 1 amide bonds. The van der Waals surface area contributed by atoms with Crippen LogP contribution in [0.25, 0.3) is 0 Å². The van der Waals surface area contributed by atoms with Crippen LogP contribution in [0.15, 0.2) is 36.5 Å². The van der Waals surface area contributed by atoms with Crippen LogP contribution in [0.2, 0.25) is 0 Å². The maximum Gasteiger partial charge on any atom is 0.417 e. The number of piperazine rings is 1. The first-order valence-electron chi connectivity index (χ1n) is 8.96. The van der Waals surface area contributed by atoms with Gasteiger partial charge in [0.2, 0.25) is 0 Å². The Labute approximate surface area is 165 Å². The van der Waals surface area contributed by atoms with Crippen molar-refractivity contribution in [1.82, 2.24) is 9.88 Å². The average molecular weight is 404 g/mol. The summed E-state index contributed by atoms with van der Waals surface area (Å²) < 4.78 is 39.8. The number of aromatic nitrogens is 1. The quantitative estimate of drug-likeness (QED) is 0.851. The fourth-order valence-corrected chi connectivity index (χ4v) is 3.44. The molecule has 1 aliphatic heterocycles. The summed E-state index contributed by atoms with van der Waals surface area (Å²) in [5.74, 6) is -0.281. The number of benzene rings is 1. The molecule has 152 valence electrons. The van der Waals surface area contributed by atoms with Crippen LogP contribution in [-0.2, 0) is 6.18 Å². The van der Waals surface area contributed by atoms with E-state index in [0.29, 0.717) is 5.69 Å². The molecule has 0 bridgehead atoms. The molecule has 1 atom stereocenters. The van der Waals surface area contributed by atoms with Crippen molar-refractivity contribution >= 4 is 11.6 Å². The van der Waals surface area contributed by atoms with Gasteiger partial charge in [0, 0.05) is 31.5 Å². The van der Waals surface area contributed by atoms with Crippen molar-refractivity contribution in [3.8, 4) is 6.07 Å². The van der Waals surface area contributed by atoms with Gasteiger partial charge in [0.15, 0.2) is 0 Å². The highest BCUT2D eigenvalue weighted by molar-refractivity contribution is 5.93. The number of alkyl halides is 3. The Bertz CT molecular complexity index is 955. The van der Waals surface area contributed by atoms with E-state index in [2.05, 4.69) is 4.98 Å². The number of aliphatic hydroxyl groups is 1. The van der Waals surface area contributed by atoms with E-state index in [1.54, 1.807) is 34.9 Å². The summed E-state index contributed by atoms with van der Waals surface area (Å²) in [6.45, 7) is 2.09. The van der Waals surface area contributed by atoms with Gasteiger partial charge in [-0.3, -0.25) is 9.78 Å². The number of nitrogens with zero attached hydrogens (tertiary/aromatic N) is 4. The highest BCUT2D eigenvalue weighted by Gasteiger charge is 2.36. The Morgan fingerprint density at radius 3 is 2.72 bits per heavy atom. The average Bonchev–Trinajstić information content (AvgIpc) is 2.72. The van der Waals surface area contributed by atoms with Crippen molar-refractivity contribution in [2.75, 3.05) is 31.1 Å². The molecule has 9 heteroatoms. The number of rotatable bonds is 3. The van der Waals surface area contributed by atoms with E-state index < -0.39 is 23.3 Å². The van der Waals surface area contributed by atoms with Crippen LogP contribution in [0.5, 0.6) is 0 Å². The number of aliphatic hydroxyl groups excluding tert-OH is 1. The predicted octanol–water partition coefficient (Wildman–Crippen LogP) is 2.60. The molecule has 1 aliphatic rings. The van der Waals surface area contributed by atoms with Crippen molar-refractivity contribution in [3.63, 3.8) is 0 Å². The summed E-state index contributed by atoms with van der Waals surface area (Å²) >= 11 is 0. The Hall–Kier alpha value is -3.12. The number of halogens is 3. The second kappa shape index (κ2) is 8.09. The number of nitriles is 1. The van der Waals surface area contributed by atoms with Gasteiger partial charge in [0.1, 0.15) is 5.69 Å². The minimum Gasteiger partial charge on any atom is -0.394 e. The summed E-state index contributed by atoms with van der Waals surface area (Å²) in [7, 11) is 0. The van der Waals surface area contributed by atoms with Gasteiger partial charge in [-0.1, -0.05) is 6.07 Å². The number of carbonyl (C=O) groups is 1. The molecule has 1 unspecified atom stereocenters. The molecule has 1 N–H and O–H groups in total. The van der Waals surface area contributed by atoms with Crippen LogP contribution in [0.4, 0.5) is 18.9 Å². The van der Waals surface area contributed by atoms with Crippen molar-refractivity contribution in [3.05, 3.63) is 58.9 Å². The van der Waals surface area contributed by atoms with E-state index >= 15 is 0 Å². The summed E-state index contributed by atoms with van der Waals surface area (Å²) in [4.78, 5) is 20.1. The van der Waals surface area contributed by atoms with E-state index in [-0.39, 0.29) is 37.8 Å². The van der Waals surface area contributed by atoms with Gasteiger partial charge in [-0.25, -0.2) is 0 Å². The molecule has 1 aromatic heterocycles. The number of amides is 1. The lowest BCUT2D eigenvalue weighted by atomic mass is 10.0. The van der Waals surface area contributed by atoms with Crippen molar-refractivity contribution < 1.29 is 23.1 Å². The Morgan fingerprint density at radius 1 is 1.34 bits per heavy atom. The van der Waals surface area contributed by atoms with Gasteiger partial charge in [0.05, 0.1) is 29.8 Å². The molecule has 6 nitrogen and oxygen atoms in total. The second-order valence-corrected chi connectivity index (χ2v) is 6.79. The first-order valence-corrected chi connectivity index (χ1v) is 8.96. The van der Waals surface area contributed by atoms with Crippen LogP contribution >= 0.6 is 0 Å². The standard InChI is InChI=1S/C20H19F3N4O2/c1-13-3-2-6-25-18(13)19(29)26-7-8-27(16(11-26)12-28)15-5-4-14(10-24)17(9-15)20(21,22)23/h2-6,9,16,28H,7-8,11-12H2,1H3. The first kappa shape index (κ1) is 20.6. The Kier molecular flexibility index (Phi) is 5.75. The second-order valence-electron chi connectivity index (χ2n) is 6.79. The number of hydrogen-bond donors (Lipinski definition) is 1. The van der Waals surface area contributed by atoms with E-state index in [1.165, 1.54) is 12.3 Å². The van der Waals surface area contributed by atoms with Gasteiger partial charge in [-0.2, -0.15) is 18.4 Å². The van der Waals surface area contributed by atoms with Gasteiger partial charge in [-0.15, -0.1) is 0 Å². The lowest BCUT2D eigenvalue weighted by Crippen LogP contribution is -2.56. The molecular weight excluding hydrogens is 385 g/mol. The van der Waals surface area contributed by atoms with Gasteiger partial charge in [0.25, 0.3) is 5.91 Å².